The van der Waals surface area contributed by atoms with Crippen molar-refractivity contribution in [3.8, 4) is 17.0 Å². The number of carbonyl (C=O) groups is 2. The number of methoxy groups -OCH3 is 1. The fourth-order valence-electron chi connectivity index (χ4n) is 4.28. The van der Waals surface area contributed by atoms with Crippen molar-refractivity contribution in [2.75, 3.05) is 7.11 Å². The lowest BCUT2D eigenvalue weighted by molar-refractivity contribution is -0.138. The molecule has 1 heterocycles. The van der Waals surface area contributed by atoms with Gasteiger partial charge in [-0.25, -0.2) is 9.97 Å². The van der Waals surface area contributed by atoms with Gasteiger partial charge in [-0.05, 0) is 73.7 Å². The summed E-state index contributed by atoms with van der Waals surface area (Å²) in [5.41, 5.74) is 5.06. The van der Waals surface area contributed by atoms with Gasteiger partial charge in [0.2, 0.25) is 0 Å². The van der Waals surface area contributed by atoms with E-state index in [9.17, 15) is 9.59 Å². The average Bonchev–Trinajstić information content (AvgIpc) is 2.91. The van der Waals surface area contributed by atoms with Gasteiger partial charge in [0, 0.05) is 22.6 Å². The minimum Gasteiger partial charge on any atom is -0.497 e. The number of aryl methyl sites for hydroxylation is 1. The minimum absolute atomic E-state index is 0.0142. The molecule has 8 heteroatoms. The molecule has 2 atom stereocenters. The largest absolute Gasteiger partial charge is 0.497 e. The Bertz CT molecular complexity index is 1440. The topological polar surface area (TPSA) is 101 Å². The summed E-state index contributed by atoms with van der Waals surface area (Å²) in [6, 6.07) is 20.0. The minimum atomic E-state index is -0.820. The Morgan fingerprint density at radius 1 is 0.974 bits per heavy atom. The number of carboxylic acid groups (broad SMARTS) is 1. The Hall–Kier alpha value is -3.97. The third-order valence-electron chi connectivity index (χ3n) is 6.48. The summed E-state index contributed by atoms with van der Waals surface area (Å²) in [5.74, 6) is -0.291. The van der Waals surface area contributed by atoms with E-state index in [2.05, 4.69) is 5.32 Å². The van der Waals surface area contributed by atoms with Gasteiger partial charge >= 0.3 is 5.97 Å². The van der Waals surface area contributed by atoms with Crippen molar-refractivity contribution in [1.29, 1.82) is 0 Å². The van der Waals surface area contributed by atoms with Crippen LogP contribution in [0, 0.1) is 5.92 Å². The molecule has 0 spiro atoms. The number of carboxylic acids is 1. The number of halogens is 1. The second-order valence-electron chi connectivity index (χ2n) is 9.44. The molecule has 4 rings (SSSR count). The summed E-state index contributed by atoms with van der Waals surface area (Å²) in [7, 11) is 1.61. The zero-order chi connectivity index (χ0) is 27.2. The van der Waals surface area contributed by atoms with Gasteiger partial charge in [0.05, 0.1) is 35.6 Å². The van der Waals surface area contributed by atoms with Crippen LogP contribution in [0.2, 0.25) is 5.02 Å². The third kappa shape index (κ3) is 6.66. The Morgan fingerprint density at radius 2 is 1.68 bits per heavy atom. The molecule has 0 saturated heterocycles. The Labute approximate surface area is 226 Å². The molecule has 7 nitrogen and oxygen atoms in total. The van der Waals surface area contributed by atoms with E-state index in [0.29, 0.717) is 34.5 Å². The number of rotatable bonds is 10. The molecule has 196 valence electrons. The molecule has 2 N–H and O–H groups in total. The van der Waals surface area contributed by atoms with E-state index in [4.69, 9.17) is 31.4 Å². The SMILES string of the molecule is COc1ccc([C@@H](C)NC(=O)c2ccc3nc(-c4ccc(Cl)cc4)c(CCC(C)CC(=O)O)nc3c2)cc1. The van der Waals surface area contributed by atoms with Crippen LogP contribution in [-0.2, 0) is 11.2 Å². The first-order valence-electron chi connectivity index (χ1n) is 12.5. The molecule has 0 bridgehead atoms. The number of benzene rings is 3. The number of ether oxygens (including phenoxy) is 1. The van der Waals surface area contributed by atoms with Gasteiger partial charge in [0.15, 0.2) is 0 Å². The monoisotopic (exact) mass is 531 g/mol. The maximum atomic E-state index is 13.1. The van der Waals surface area contributed by atoms with Crippen molar-refractivity contribution in [3.05, 3.63) is 88.6 Å². The van der Waals surface area contributed by atoms with E-state index in [0.717, 1.165) is 28.3 Å². The molecule has 0 saturated carbocycles. The Kier molecular flexibility index (Phi) is 8.59. The number of hydrogen-bond donors (Lipinski definition) is 2. The van der Waals surface area contributed by atoms with Crippen LogP contribution in [0.5, 0.6) is 5.75 Å². The van der Waals surface area contributed by atoms with Crippen LogP contribution in [0.1, 0.15) is 54.3 Å². The molecule has 0 fully saturated rings. The molecule has 4 aromatic rings. The quantitative estimate of drug-likeness (QED) is 0.242. The molecule has 0 aliphatic rings. The fourth-order valence-corrected chi connectivity index (χ4v) is 4.41. The number of fused-ring (bicyclic) bond motifs is 1. The molecule has 38 heavy (non-hydrogen) atoms. The summed E-state index contributed by atoms with van der Waals surface area (Å²) < 4.78 is 5.21. The highest BCUT2D eigenvalue weighted by molar-refractivity contribution is 6.30. The highest BCUT2D eigenvalue weighted by atomic mass is 35.5. The summed E-state index contributed by atoms with van der Waals surface area (Å²) in [6.07, 6.45) is 1.29. The lowest BCUT2D eigenvalue weighted by atomic mass is 9.98. The average molecular weight is 532 g/mol. The predicted molar refractivity (Wildman–Crippen MR) is 149 cm³/mol. The first kappa shape index (κ1) is 27.1. The molecule has 0 aliphatic heterocycles. The van der Waals surface area contributed by atoms with E-state index in [-0.39, 0.29) is 24.3 Å². The zero-order valence-electron chi connectivity index (χ0n) is 21.6. The summed E-state index contributed by atoms with van der Waals surface area (Å²) in [6.45, 7) is 3.84. The van der Waals surface area contributed by atoms with Gasteiger partial charge in [-0.2, -0.15) is 0 Å². The van der Waals surface area contributed by atoms with Crippen LogP contribution in [0.25, 0.3) is 22.3 Å². The van der Waals surface area contributed by atoms with Gasteiger partial charge in [-0.1, -0.05) is 42.8 Å². The van der Waals surface area contributed by atoms with Crippen LogP contribution >= 0.6 is 11.6 Å². The van der Waals surface area contributed by atoms with Crippen LogP contribution in [0.15, 0.2) is 66.7 Å². The van der Waals surface area contributed by atoms with Crippen molar-refractivity contribution in [1.82, 2.24) is 15.3 Å². The number of nitrogens with zero attached hydrogens (tertiary/aromatic N) is 2. The second kappa shape index (κ2) is 12.0. The highest BCUT2D eigenvalue weighted by Crippen LogP contribution is 2.27. The van der Waals surface area contributed by atoms with Crippen molar-refractivity contribution in [2.45, 2.75) is 39.2 Å². The van der Waals surface area contributed by atoms with Crippen LogP contribution < -0.4 is 10.1 Å². The van der Waals surface area contributed by atoms with E-state index in [1.54, 1.807) is 37.4 Å². The maximum Gasteiger partial charge on any atom is 0.303 e. The number of amides is 1. The molecule has 1 aromatic heterocycles. The second-order valence-corrected chi connectivity index (χ2v) is 9.88. The van der Waals surface area contributed by atoms with Gasteiger partial charge in [0.25, 0.3) is 5.91 Å². The molecule has 1 unspecified atom stereocenters. The molecule has 0 aliphatic carbocycles. The van der Waals surface area contributed by atoms with E-state index < -0.39 is 5.97 Å². The number of carbonyl (C=O) groups excluding carboxylic acids is 1. The molecular formula is C30H30ClN3O4. The summed E-state index contributed by atoms with van der Waals surface area (Å²) >= 11 is 6.09. The fraction of sp³-hybridized carbons (Fsp3) is 0.267. The highest BCUT2D eigenvalue weighted by Gasteiger charge is 2.17. The Balaban J connectivity index is 1.62. The predicted octanol–water partition coefficient (Wildman–Crippen LogP) is 6.49. The van der Waals surface area contributed by atoms with Crippen molar-refractivity contribution < 1.29 is 19.4 Å². The lowest BCUT2D eigenvalue weighted by Gasteiger charge is -2.16. The van der Waals surface area contributed by atoms with Crippen molar-refractivity contribution in [2.24, 2.45) is 5.92 Å². The van der Waals surface area contributed by atoms with Crippen LogP contribution in [0.4, 0.5) is 0 Å². The lowest BCUT2D eigenvalue weighted by Crippen LogP contribution is -2.26. The first-order valence-corrected chi connectivity index (χ1v) is 12.8. The van der Waals surface area contributed by atoms with Gasteiger partial charge < -0.3 is 15.2 Å². The normalized spacial score (nSPS) is 12.6. The zero-order valence-corrected chi connectivity index (χ0v) is 22.3. The molecular weight excluding hydrogens is 502 g/mol. The number of nitrogens with one attached hydrogen (secondary N) is 1. The van der Waals surface area contributed by atoms with Gasteiger partial charge in [-0.15, -0.1) is 0 Å². The standard InChI is InChI=1S/C30H30ClN3O4/c1-18(16-28(35)36)4-14-26-29(21-5-10-23(31)11-6-21)34-25-15-9-22(17-27(25)33-26)30(37)32-19(2)20-7-12-24(38-3)13-8-20/h5-13,15,17-19H,4,14,16H2,1-3H3,(H,32,37)(H,35,36)/t18?,19-/m1/s1. The number of aliphatic carboxylic acids is 1. The number of hydrogen-bond acceptors (Lipinski definition) is 5. The maximum absolute atomic E-state index is 13.1. The van der Waals surface area contributed by atoms with Gasteiger partial charge in [-0.3, -0.25) is 9.59 Å². The van der Waals surface area contributed by atoms with Gasteiger partial charge in [0.1, 0.15) is 5.75 Å². The van der Waals surface area contributed by atoms with E-state index in [1.807, 2.05) is 50.2 Å². The Morgan fingerprint density at radius 3 is 2.34 bits per heavy atom. The molecule has 0 radical (unpaired) electrons. The summed E-state index contributed by atoms with van der Waals surface area (Å²) in [5, 5.41) is 12.8. The molecule has 3 aromatic carbocycles. The first-order chi connectivity index (χ1) is 18.2. The van der Waals surface area contributed by atoms with Crippen molar-refractivity contribution >= 4 is 34.5 Å². The van der Waals surface area contributed by atoms with Crippen LogP contribution in [0.3, 0.4) is 0 Å². The van der Waals surface area contributed by atoms with Crippen molar-refractivity contribution in [3.63, 3.8) is 0 Å². The molecule has 1 amide bonds. The van der Waals surface area contributed by atoms with E-state index in [1.165, 1.54) is 0 Å². The van der Waals surface area contributed by atoms with Crippen LogP contribution in [-0.4, -0.2) is 34.1 Å². The van der Waals surface area contributed by atoms with E-state index >= 15 is 0 Å². The number of aromatic nitrogens is 2. The summed E-state index contributed by atoms with van der Waals surface area (Å²) in [4.78, 5) is 34.0. The smallest absolute Gasteiger partial charge is 0.303 e. The third-order valence-corrected chi connectivity index (χ3v) is 6.73.